The largest absolute Gasteiger partial charge is 0.353 e. The molecule has 0 aromatic rings. The summed E-state index contributed by atoms with van der Waals surface area (Å²) in [5, 5.41) is 3.10. The van der Waals surface area contributed by atoms with E-state index in [1.54, 1.807) is 0 Å². The minimum absolute atomic E-state index is 0.102. The molecule has 0 spiro atoms. The van der Waals surface area contributed by atoms with Gasteiger partial charge in [0.2, 0.25) is 5.91 Å². The van der Waals surface area contributed by atoms with E-state index in [1.165, 1.54) is 6.42 Å². The van der Waals surface area contributed by atoms with E-state index in [4.69, 9.17) is 5.73 Å². The van der Waals surface area contributed by atoms with Gasteiger partial charge in [-0.3, -0.25) is 4.79 Å². The Labute approximate surface area is 113 Å². The summed E-state index contributed by atoms with van der Waals surface area (Å²) < 4.78 is 0. The minimum Gasteiger partial charge on any atom is -0.353 e. The second kappa shape index (κ2) is 9.37. The molecule has 0 saturated heterocycles. The molecule has 3 unspecified atom stereocenters. The van der Waals surface area contributed by atoms with Gasteiger partial charge in [-0.2, -0.15) is 0 Å². The summed E-state index contributed by atoms with van der Waals surface area (Å²) in [6, 6.07) is 0.529. The summed E-state index contributed by atoms with van der Waals surface area (Å²) >= 11 is 0. The van der Waals surface area contributed by atoms with Crippen molar-refractivity contribution in [1.82, 2.24) is 5.32 Å². The second-order valence-corrected chi connectivity index (χ2v) is 6.19. The average Bonchev–Trinajstić information content (AvgIpc) is 2.25. The molecule has 1 amide bonds. The number of amides is 1. The van der Waals surface area contributed by atoms with E-state index in [0.29, 0.717) is 5.92 Å². The standard InChI is InChI=1S/C15H32N2O/c1-11(2)9-10-14(5)17-15(18)12(3)7-6-8-13(4)16/h11-14H,6-10,16H2,1-5H3,(H,17,18). The maximum absolute atomic E-state index is 11.9. The Morgan fingerprint density at radius 1 is 1.00 bits per heavy atom. The number of hydrogen-bond donors (Lipinski definition) is 2. The fourth-order valence-electron chi connectivity index (χ4n) is 1.92. The molecule has 3 nitrogen and oxygen atoms in total. The first kappa shape index (κ1) is 17.4. The Balaban J connectivity index is 3.78. The first-order valence-corrected chi connectivity index (χ1v) is 7.38. The van der Waals surface area contributed by atoms with Crippen molar-refractivity contribution in [3.63, 3.8) is 0 Å². The summed E-state index contributed by atoms with van der Waals surface area (Å²) in [4.78, 5) is 11.9. The molecule has 0 radical (unpaired) electrons. The van der Waals surface area contributed by atoms with Gasteiger partial charge in [0.1, 0.15) is 0 Å². The van der Waals surface area contributed by atoms with Crippen molar-refractivity contribution in [2.24, 2.45) is 17.6 Å². The van der Waals surface area contributed by atoms with E-state index in [9.17, 15) is 4.79 Å². The van der Waals surface area contributed by atoms with Crippen LogP contribution in [-0.4, -0.2) is 18.0 Å². The maximum Gasteiger partial charge on any atom is 0.223 e. The van der Waals surface area contributed by atoms with Crippen LogP contribution in [0.4, 0.5) is 0 Å². The highest BCUT2D eigenvalue weighted by atomic mass is 16.1. The van der Waals surface area contributed by atoms with Crippen molar-refractivity contribution < 1.29 is 4.79 Å². The number of carbonyl (C=O) groups is 1. The number of rotatable bonds is 9. The Bertz CT molecular complexity index is 227. The highest BCUT2D eigenvalue weighted by molar-refractivity contribution is 5.78. The molecule has 0 aromatic carbocycles. The van der Waals surface area contributed by atoms with E-state index >= 15 is 0 Å². The monoisotopic (exact) mass is 256 g/mol. The van der Waals surface area contributed by atoms with Crippen molar-refractivity contribution in [2.45, 2.75) is 78.8 Å². The van der Waals surface area contributed by atoms with Crippen LogP contribution in [0.15, 0.2) is 0 Å². The van der Waals surface area contributed by atoms with Crippen molar-refractivity contribution in [3.8, 4) is 0 Å². The van der Waals surface area contributed by atoms with Crippen molar-refractivity contribution >= 4 is 5.91 Å². The van der Waals surface area contributed by atoms with Gasteiger partial charge in [-0.1, -0.05) is 27.2 Å². The Morgan fingerprint density at radius 2 is 1.61 bits per heavy atom. The zero-order valence-corrected chi connectivity index (χ0v) is 12.8. The SMILES string of the molecule is CC(C)CCC(C)NC(=O)C(C)CCCC(C)N. The number of nitrogens with two attached hydrogens (primary N) is 1. The van der Waals surface area contributed by atoms with Crippen LogP contribution in [0.25, 0.3) is 0 Å². The number of carbonyl (C=O) groups excluding carboxylic acids is 1. The maximum atomic E-state index is 11.9. The van der Waals surface area contributed by atoms with Crippen LogP contribution in [0.1, 0.15) is 66.7 Å². The molecule has 0 heterocycles. The number of hydrogen-bond acceptors (Lipinski definition) is 2. The van der Waals surface area contributed by atoms with Gasteiger partial charge in [-0.05, 0) is 45.4 Å². The van der Waals surface area contributed by atoms with Gasteiger partial charge in [0, 0.05) is 18.0 Å². The van der Waals surface area contributed by atoms with Crippen LogP contribution in [0.5, 0.6) is 0 Å². The summed E-state index contributed by atoms with van der Waals surface area (Å²) in [6.45, 7) is 10.5. The van der Waals surface area contributed by atoms with Gasteiger partial charge in [-0.25, -0.2) is 0 Å². The lowest BCUT2D eigenvalue weighted by Gasteiger charge is -2.18. The molecule has 0 fully saturated rings. The van der Waals surface area contributed by atoms with Crippen LogP contribution in [0.2, 0.25) is 0 Å². The minimum atomic E-state index is 0.102. The molecule has 108 valence electrons. The highest BCUT2D eigenvalue weighted by Crippen LogP contribution is 2.11. The summed E-state index contributed by atoms with van der Waals surface area (Å²) in [6.07, 6.45) is 5.20. The normalized spacial score (nSPS) is 16.4. The molecule has 0 aliphatic heterocycles. The Hall–Kier alpha value is -0.570. The molecule has 3 heteroatoms. The molecule has 0 saturated carbocycles. The van der Waals surface area contributed by atoms with Crippen LogP contribution >= 0.6 is 0 Å². The van der Waals surface area contributed by atoms with Gasteiger partial charge in [-0.15, -0.1) is 0 Å². The van der Waals surface area contributed by atoms with Gasteiger partial charge in [0.15, 0.2) is 0 Å². The predicted octanol–water partition coefficient (Wildman–Crippen LogP) is 3.08. The fourth-order valence-corrected chi connectivity index (χ4v) is 1.92. The summed E-state index contributed by atoms with van der Waals surface area (Å²) in [5.74, 6) is 0.994. The van der Waals surface area contributed by atoms with Crippen LogP contribution in [0, 0.1) is 11.8 Å². The van der Waals surface area contributed by atoms with Crippen LogP contribution in [0.3, 0.4) is 0 Å². The third-order valence-corrected chi connectivity index (χ3v) is 3.31. The molecule has 0 aliphatic rings. The topological polar surface area (TPSA) is 55.1 Å². The van der Waals surface area contributed by atoms with Crippen molar-refractivity contribution in [3.05, 3.63) is 0 Å². The molecule has 0 aliphatic carbocycles. The first-order valence-electron chi connectivity index (χ1n) is 7.38. The molecule has 18 heavy (non-hydrogen) atoms. The average molecular weight is 256 g/mol. The van der Waals surface area contributed by atoms with Crippen LogP contribution in [-0.2, 0) is 4.79 Å². The summed E-state index contributed by atoms with van der Waals surface area (Å²) in [7, 11) is 0. The Morgan fingerprint density at radius 3 is 2.11 bits per heavy atom. The quantitative estimate of drug-likeness (QED) is 0.666. The van der Waals surface area contributed by atoms with Gasteiger partial charge in [0.25, 0.3) is 0 Å². The van der Waals surface area contributed by atoms with E-state index in [2.05, 4.69) is 26.1 Å². The molecular weight excluding hydrogens is 224 g/mol. The van der Waals surface area contributed by atoms with E-state index in [1.807, 2.05) is 13.8 Å². The van der Waals surface area contributed by atoms with Gasteiger partial charge in [0.05, 0.1) is 0 Å². The third-order valence-electron chi connectivity index (χ3n) is 3.31. The zero-order chi connectivity index (χ0) is 14.1. The predicted molar refractivity (Wildman–Crippen MR) is 78.3 cm³/mol. The lowest BCUT2D eigenvalue weighted by atomic mass is 10.00. The third kappa shape index (κ3) is 9.46. The fraction of sp³-hybridized carbons (Fsp3) is 0.933. The highest BCUT2D eigenvalue weighted by Gasteiger charge is 2.15. The lowest BCUT2D eigenvalue weighted by molar-refractivity contribution is -0.125. The van der Waals surface area contributed by atoms with Gasteiger partial charge < -0.3 is 11.1 Å². The first-order chi connectivity index (χ1) is 8.32. The zero-order valence-electron chi connectivity index (χ0n) is 12.8. The molecule has 0 rings (SSSR count). The lowest BCUT2D eigenvalue weighted by Crippen LogP contribution is -2.36. The van der Waals surface area contributed by atoms with E-state index < -0.39 is 0 Å². The van der Waals surface area contributed by atoms with Gasteiger partial charge >= 0.3 is 0 Å². The summed E-state index contributed by atoms with van der Waals surface area (Å²) in [5.41, 5.74) is 5.70. The van der Waals surface area contributed by atoms with Crippen molar-refractivity contribution in [1.29, 1.82) is 0 Å². The second-order valence-electron chi connectivity index (χ2n) is 6.19. The van der Waals surface area contributed by atoms with Crippen molar-refractivity contribution in [2.75, 3.05) is 0 Å². The molecular formula is C15H32N2O. The Kier molecular flexibility index (Phi) is 9.08. The molecule has 3 atom stereocenters. The van der Waals surface area contributed by atoms with E-state index in [-0.39, 0.29) is 23.9 Å². The number of nitrogens with one attached hydrogen (secondary N) is 1. The smallest absolute Gasteiger partial charge is 0.223 e. The molecule has 0 bridgehead atoms. The molecule has 0 aromatic heterocycles. The van der Waals surface area contributed by atoms with Crippen LogP contribution < -0.4 is 11.1 Å². The van der Waals surface area contributed by atoms with E-state index in [0.717, 1.165) is 25.7 Å². The molecule has 3 N–H and O–H groups in total.